The van der Waals surface area contributed by atoms with Crippen molar-refractivity contribution in [2.24, 2.45) is 0 Å². The number of halogens is 1. The number of carbonyl (C=O) groups is 2. The predicted octanol–water partition coefficient (Wildman–Crippen LogP) is 2.95. The lowest BCUT2D eigenvalue weighted by Gasteiger charge is -2.07. The SMILES string of the molecule is N#Cc1ccc(NC(=O)CCCNC(=O)c2ccco2)cc1Cl. The number of amides is 2. The van der Waals surface area contributed by atoms with Crippen molar-refractivity contribution in [3.63, 3.8) is 0 Å². The number of nitriles is 1. The minimum Gasteiger partial charge on any atom is -0.459 e. The minimum atomic E-state index is -0.311. The topological polar surface area (TPSA) is 95.1 Å². The van der Waals surface area contributed by atoms with Crippen LogP contribution in [0.2, 0.25) is 5.02 Å². The van der Waals surface area contributed by atoms with Crippen LogP contribution in [0.4, 0.5) is 5.69 Å². The van der Waals surface area contributed by atoms with Crippen LogP contribution in [0.1, 0.15) is 29.0 Å². The summed E-state index contributed by atoms with van der Waals surface area (Å²) < 4.78 is 4.96. The van der Waals surface area contributed by atoms with Crippen molar-refractivity contribution in [1.82, 2.24) is 5.32 Å². The van der Waals surface area contributed by atoms with Gasteiger partial charge in [-0.05, 0) is 36.8 Å². The molecule has 1 heterocycles. The van der Waals surface area contributed by atoms with E-state index in [2.05, 4.69) is 10.6 Å². The first-order chi connectivity index (χ1) is 11.1. The van der Waals surface area contributed by atoms with E-state index >= 15 is 0 Å². The lowest BCUT2D eigenvalue weighted by atomic mass is 10.2. The molecular formula is C16H14ClN3O3. The quantitative estimate of drug-likeness (QED) is 0.795. The van der Waals surface area contributed by atoms with E-state index in [1.54, 1.807) is 24.3 Å². The van der Waals surface area contributed by atoms with Crippen molar-refractivity contribution in [3.8, 4) is 6.07 Å². The number of anilines is 1. The molecule has 0 saturated carbocycles. The third-order valence-electron chi connectivity index (χ3n) is 2.98. The summed E-state index contributed by atoms with van der Waals surface area (Å²) in [6.07, 6.45) is 2.16. The highest BCUT2D eigenvalue weighted by molar-refractivity contribution is 6.32. The third kappa shape index (κ3) is 4.87. The zero-order chi connectivity index (χ0) is 16.7. The summed E-state index contributed by atoms with van der Waals surface area (Å²) in [4.78, 5) is 23.4. The average molecular weight is 332 g/mol. The molecule has 0 bridgehead atoms. The fraction of sp³-hybridized carbons (Fsp3) is 0.188. The fourth-order valence-electron chi connectivity index (χ4n) is 1.85. The molecule has 7 heteroatoms. The van der Waals surface area contributed by atoms with Crippen LogP contribution in [-0.2, 0) is 4.79 Å². The van der Waals surface area contributed by atoms with Gasteiger partial charge in [-0.3, -0.25) is 9.59 Å². The molecule has 0 unspecified atom stereocenters. The van der Waals surface area contributed by atoms with Crippen LogP contribution in [0.15, 0.2) is 41.0 Å². The van der Waals surface area contributed by atoms with E-state index in [4.69, 9.17) is 21.3 Å². The van der Waals surface area contributed by atoms with Crippen molar-refractivity contribution in [2.75, 3.05) is 11.9 Å². The lowest BCUT2D eigenvalue weighted by Crippen LogP contribution is -2.25. The van der Waals surface area contributed by atoms with Crippen LogP contribution in [-0.4, -0.2) is 18.4 Å². The monoisotopic (exact) mass is 331 g/mol. The Labute approximate surface area is 138 Å². The Balaban J connectivity index is 1.72. The first-order valence-electron chi connectivity index (χ1n) is 6.91. The highest BCUT2D eigenvalue weighted by atomic mass is 35.5. The molecule has 2 N–H and O–H groups in total. The number of hydrogen-bond donors (Lipinski definition) is 2. The van der Waals surface area contributed by atoms with Gasteiger partial charge in [-0.2, -0.15) is 5.26 Å². The Morgan fingerprint density at radius 2 is 2.13 bits per heavy atom. The first kappa shape index (κ1) is 16.6. The Kier molecular flexibility index (Phi) is 5.78. The molecule has 0 spiro atoms. The molecule has 0 saturated heterocycles. The number of benzene rings is 1. The normalized spacial score (nSPS) is 9.91. The van der Waals surface area contributed by atoms with Crippen LogP contribution < -0.4 is 10.6 Å². The molecule has 0 aliphatic carbocycles. The minimum absolute atomic E-state index is 0.196. The summed E-state index contributed by atoms with van der Waals surface area (Å²) >= 11 is 5.89. The van der Waals surface area contributed by atoms with E-state index in [1.165, 1.54) is 12.3 Å². The van der Waals surface area contributed by atoms with Crippen LogP contribution >= 0.6 is 11.6 Å². The first-order valence-corrected chi connectivity index (χ1v) is 7.29. The second kappa shape index (κ2) is 8.01. The summed E-state index contributed by atoms with van der Waals surface area (Å²) in [5.74, 6) is -0.269. The highest BCUT2D eigenvalue weighted by Gasteiger charge is 2.08. The third-order valence-corrected chi connectivity index (χ3v) is 3.30. The van der Waals surface area contributed by atoms with E-state index in [9.17, 15) is 9.59 Å². The number of hydrogen-bond acceptors (Lipinski definition) is 4. The Morgan fingerprint density at radius 1 is 1.30 bits per heavy atom. The second-order valence-corrected chi connectivity index (χ2v) is 5.10. The summed E-state index contributed by atoms with van der Waals surface area (Å²) in [5, 5.41) is 14.4. The van der Waals surface area contributed by atoms with Gasteiger partial charge in [0.1, 0.15) is 6.07 Å². The maximum Gasteiger partial charge on any atom is 0.286 e. The number of nitrogens with one attached hydrogen (secondary N) is 2. The van der Waals surface area contributed by atoms with Gasteiger partial charge in [0.2, 0.25) is 5.91 Å². The van der Waals surface area contributed by atoms with Crippen molar-refractivity contribution >= 4 is 29.1 Å². The van der Waals surface area contributed by atoms with Gasteiger partial charge in [-0.25, -0.2) is 0 Å². The van der Waals surface area contributed by atoms with Gasteiger partial charge >= 0.3 is 0 Å². The molecule has 0 atom stereocenters. The average Bonchev–Trinajstić information content (AvgIpc) is 3.06. The van der Waals surface area contributed by atoms with Gasteiger partial charge in [0.25, 0.3) is 5.91 Å². The summed E-state index contributed by atoms with van der Waals surface area (Å²) in [6, 6.07) is 9.82. The Hall–Kier alpha value is -2.78. The molecule has 2 aromatic rings. The van der Waals surface area contributed by atoms with E-state index in [0.717, 1.165) is 0 Å². The molecule has 118 valence electrons. The lowest BCUT2D eigenvalue weighted by molar-refractivity contribution is -0.116. The van der Waals surface area contributed by atoms with Crippen LogP contribution in [0.5, 0.6) is 0 Å². The van der Waals surface area contributed by atoms with E-state index in [-0.39, 0.29) is 29.0 Å². The Morgan fingerprint density at radius 3 is 2.78 bits per heavy atom. The van der Waals surface area contributed by atoms with Crippen molar-refractivity contribution < 1.29 is 14.0 Å². The predicted molar refractivity (Wildman–Crippen MR) is 85.1 cm³/mol. The summed E-state index contributed by atoms with van der Waals surface area (Å²) in [5.41, 5.74) is 0.879. The number of carbonyl (C=O) groups excluding carboxylic acids is 2. The van der Waals surface area contributed by atoms with E-state index < -0.39 is 0 Å². The molecule has 1 aromatic carbocycles. The second-order valence-electron chi connectivity index (χ2n) is 4.69. The maximum atomic E-state index is 11.8. The molecular weight excluding hydrogens is 318 g/mol. The Bertz CT molecular complexity index is 736. The van der Waals surface area contributed by atoms with Crippen LogP contribution in [0.25, 0.3) is 0 Å². The molecule has 0 aliphatic rings. The standard InChI is InChI=1S/C16H14ClN3O3/c17-13-9-12(6-5-11(13)10-18)20-15(21)4-1-7-19-16(22)14-3-2-8-23-14/h2-3,5-6,8-9H,1,4,7H2,(H,19,22)(H,20,21). The molecule has 1 aromatic heterocycles. The van der Waals surface area contributed by atoms with Crippen molar-refractivity contribution in [3.05, 3.63) is 52.9 Å². The molecule has 0 aliphatic heterocycles. The summed E-state index contributed by atoms with van der Waals surface area (Å²) in [7, 11) is 0. The van der Waals surface area contributed by atoms with Crippen LogP contribution in [0.3, 0.4) is 0 Å². The maximum absolute atomic E-state index is 11.8. The van der Waals surface area contributed by atoms with Gasteiger partial charge < -0.3 is 15.1 Å². The van der Waals surface area contributed by atoms with Crippen molar-refractivity contribution in [1.29, 1.82) is 5.26 Å². The molecule has 6 nitrogen and oxygen atoms in total. The number of nitrogens with zero attached hydrogens (tertiary/aromatic N) is 1. The highest BCUT2D eigenvalue weighted by Crippen LogP contribution is 2.20. The number of rotatable bonds is 6. The molecule has 0 fully saturated rings. The van der Waals surface area contributed by atoms with Crippen LogP contribution in [0, 0.1) is 11.3 Å². The fourth-order valence-corrected chi connectivity index (χ4v) is 2.08. The zero-order valence-corrected chi connectivity index (χ0v) is 12.9. The molecule has 23 heavy (non-hydrogen) atoms. The summed E-state index contributed by atoms with van der Waals surface area (Å²) in [6.45, 7) is 0.362. The number of furan rings is 1. The van der Waals surface area contributed by atoms with Gasteiger partial charge in [0.05, 0.1) is 16.8 Å². The zero-order valence-electron chi connectivity index (χ0n) is 12.1. The van der Waals surface area contributed by atoms with Gasteiger partial charge in [0, 0.05) is 18.7 Å². The van der Waals surface area contributed by atoms with E-state index in [1.807, 2.05) is 6.07 Å². The van der Waals surface area contributed by atoms with E-state index in [0.29, 0.717) is 24.2 Å². The molecule has 2 amide bonds. The van der Waals surface area contributed by atoms with Gasteiger partial charge in [0.15, 0.2) is 5.76 Å². The molecule has 0 radical (unpaired) electrons. The van der Waals surface area contributed by atoms with Crippen molar-refractivity contribution in [2.45, 2.75) is 12.8 Å². The smallest absolute Gasteiger partial charge is 0.286 e. The molecule has 2 rings (SSSR count). The largest absolute Gasteiger partial charge is 0.459 e. The van der Waals surface area contributed by atoms with Gasteiger partial charge in [-0.15, -0.1) is 0 Å². The van der Waals surface area contributed by atoms with Gasteiger partial charge in [-0.1, -0.05) is 11.6 Å².